The summed E-state index contributed by atoms with van der Waals surface area (Å²) < 4.78 is 0. The highest BCUT2D eigenvalue weighted by molar-refractivity contribution is 7.98. The number of hydrogen-bond donors (Lipinski definition) is 1. The maximum atomic E-state index is 4.50. The molecule has 0 aromatic carbocycles. The van der Waals surface area contributed by atoms with Gasteiger partial charge in [0.05, 0.1) is 5.69 Å². The standard InChI is InChI=1S/C10H15N3S/c1-7-12-9-3-4-14-6-8(9)10(13-7)5-11-2/h11H,3-6H2,1-2H3. The summed E-state index contributed by atoms with van der Waals surface area (Å²) in [6.07, 6.45) is 1.10. The molecule has 1 aromatic heterocycles. The Morgan fingerprint density at radius 1 is 1.43 bits per heavy atom. The molecule has 2 rings (SSSR count). The molecule has 1 aliphatic heterocycles. The zero-order valence-corrected chi connectivity index (χ0v) is 9.45. The monoisotopic (exact) mass is 209 g/mol. The van der Waals surface area contributed by atoms with E-state index in [9.17, 15) is 0 Å². The summed E-state index contributed by atoms with van der Waals surface area (Å²) in [5.74, 6) is 3.18. The second-order valence-corrected chi connectivity index (χ2v) is 4.58. The van der Waals surface area contributed by atoms with Gasteiger partial charge in [-0.15, -0.1) is 0 Å². The first-order valence-corrected chi connectivity index (χ1v) is 6.04. The Morgan fingerprint density at radius 3 is 3.07 bits per heavy atom. The van der Waals surface area contributed by atoms with E-state index in [1.165, 1.54) is 22.7 Å². The lowest BCUT2D eigenvalue weighted by Gasteiger charge is -2.17. The first kappa shape index (κ1) is 9.93. The van der Waals surface area contributed by atoms with E-state index in [0.29, 0.717) is 0 Å². The summed E-state index contributed by atoms with van der Waals surface area (Å²) in [5, 5.41) is 3.16. The van der Waals surface area contributed by atoms with Crippen molar-refractivity contribution in [2.45, 2.75) is 25.6 Å². The molecule has 0 saturated carbocycles. The fourth-order valence-corrected chi connectivity index (χ4v) is 2.77. The minimum Gasteiger partial charge on any atom is -0.314 e. The Labute approximate surface area is 88.7 Å². The van der Waals surface area contributed by atoms with Crippen LogP contribution in [0.1, 0.15) is 22.8 Å². The normalized spacial score (nSPS) is 15.3. The molecule has 0 saturated heterocycles. The molecule has 1 N–H and O–H groups in total. The van der Waals surface area contributed by atoms with Gasteiger partial charge in [0.15, 0.2) is 0 Å². The fourth-order valence-electron chi connectivity index (χ4n) is 1.75. The first-order chi connectivity index (χ1) is 6.81. The lowest BCUT2D eigenvalue weighted by Crippen LogP contribution is -2.16. The fraction of sp³-hybridized carbons (Fsp3) is 0.600. The Morgan fingerprint density at radius 2 is 2.29 bits per heavy atom. The number of rotatable bonds is 2. The number of aryl methyl sites for hydroxylation is 2. The molecule has 76 valence electrons. The predicted molar refractivity (Wildman–Crippen MR) is 59.4 cm³/mol. The van der Waals surface area contributed by atoms with Crippen LogP contribution in [0.25, 0.3) is 0 Å². The second kappa shape index (κ2) is 4.28. The van der Waals surface area contributed by atoms with E-state index >= 15 is 0 Å². The highest BCUT2D eigenvalue weighted by Crippen LogP contribution is 2.25. The van der Waals surface area contributed by atoms with Crippen molar-refractivity contribution in [3.8, 4) is 0 Å². The van der Waals surface area contributed by atoms with E-state index in [-0.39, 0.29) is 0 Å². The number of hydrogen-bond acceptors (Lipinski definition) is 4. The molecule has 2 heterocycles. The predicted octanol–water partition coefficient (Wildman–Crippen LogP) is 1.29. The van der Waals surface area contributed by atoms with E-state index in [0.717, 1.165) is 24.5 Å². The van der Waals surface area contributed by atoms with Crippen LogP contribution in [0.5, 0.6) is 0 Å². The average Bonchev–Trinajstić information content (AvgIpc) is 2.18. The Bertz CT molecular complexity index is 338. The lowest BCUT2D eigenvalue weighted by molar-refractivity contribution is 0.754. The third-order valence-corrected chi connectivity index (χ3v) is 3.35. The van der Waals surface area contributed by atoms with Gasteiger partial charge < -0.3 is 5.32 Å². The molecular formula is C10H15N3S. The Hall–Kier alpha value is -0.610. The molecule has 0 radical (unpaired) electrons. The number of nitrogens with zero attached hydrogens (tertiary/aromatic N) is 2. The van der Waals surface area contributed by atoms with Gasteiger partial charge in [0, 0.05) is 23.6 Å². The summed E-state index contributed by atoms with van der Waals surface area (Å²) in [6, 6.07) is 0. The zero-order valence-electron chi connectivity index (χ0n) is 8.63. The SMILES string of the molecule is CNCc1nc(C)nc2c1CSCC2. The maximum absolute atomic E-state index is 4.50. The van der Waals surface area contributed by atoms with Crippen molar-refractivity contribution in [2.75, 3.05) is 12.8 Å². The van der Waals surface area contributed by atoms with Crippen molar-refractivity contribution in [1.29, 1.82) is 0 Å². The lowest BCUT2D eigenvalue weighted by atomic mass is 10.1. The molecule has 14 heavy (non-hydrogen) atoms. The second-order valence-electron chi connectivity index (χ2n) is 3.48. The van der Waals surface area contributed by atoms with Crippen LogP contribution in [0.15, 0.2) is 0 Å². The molecule has 0 fully saturated rings. The molecule has 0 spiro atoms. The van der Waals surface area contributed by atoms with Crippen molar-refractivity contribution < 1.29 is 0 Å². The van der Waals surface area contributed by atoms with E-state index < -0.39 is 0 Å². The Kier molecular flexibility index (Phi) is 3.03. The van der Waals surface area contributed by atoms with Gasteiger partial charge in [0.2, 0.25) is 0 Å². The minimum atomic E-state index is 0.853. The van der Waals surface area contributed by atoms with Crippen molar-refractivity contribution in [1.82, 2.24) is 15.3 Å². The van der Waals surface area contributed by atoms with Gasteiger partial charge in [-0.3, -0.25) is 0 Å². The molecule has 0 amide bonds. The smallest absolute Gasteiger partial charge is 0.125 e. The highest BCUT2D eigenvalue weighted by atomic mass is 32.2. The van der Waals surface area contributed by atoms with Crippen LogP contribution in [0.3, 0.4) is 0 Å². The molecule has 0 atom stereocenters. The van der Waals surface area contributed by atoms with E-state index in [1.807, 2.05) is 25.7 Å². The molecule has 1 aliphatic rings. The maximum Gasteiger partial charge on any atom is 0.125 e. The van der Waals surface area contributed by atoms with Crippen LogP contribution in [0, 0.1) is 6.92 Å². The van der Waals surface area contributed by atoms with Crippen molar-refractivity contribution >= 4 is 11.8 Å². The summed E-state index contributed by atoms with van der Waals surface area (Å²) in [4.78, 5) is 8.99. The average molecular weight is 209 g/mol. The summed E-state index contributed by atoms with van der Waals surface area (Å²) >= 11 is 1.98. The van der Waals surface area contributed by atoms with Crippen LogP contribution in [-0.4, -0.2) is 22.8 Å². The van der Waals surface area contributed by atoms with E-state index in [2.05, 4.69) is 15.3 Å². The van der Waals surface area contributed by atoms with Crippen molar-refractivity contribution in [2.24, 2.45) is 0 Å². The zero-order chi connectivity index (χ0) is 9.97. The van der Waals surface area contributed by atoms with Crippen LogP contribution < -0.4 is 5.32 Å². The van der Waals surface area contributed by atoms with Gasteiger partial charge in [-0.25, -0.2) is 9.97 Å². The minimum absolute atomic E-state index is 0.853. The molecule has 0 bridgehead atoms. The number of nitrogens with one attached hydrogen (secondary N) is 1. The Balaban J connectivity index is 2.41. The van der Waals surface area contributed by atoms with Crippen molar-refractivity contribution in [3.05, 3.63) is 22.8 Å². The van der Waals surface area contributed by atoms with Gasteiger partial charge in [-0.1, -0.05) is 0 Å². The summed E-state index contributed by atoms with van der Waals surface area (Å²) in [6.45, 7) is 2.83. The molecule has 4 heteroatoms. The van der Waals surface area contributed by atoms with Gasteiger partial charge in [0.1, 0.15) is 5.82 Å². The van der Waals surface area contributed by atoms with Crippen LogP contribution in [0.4, 0.5) is 0 Å². The molecule has 3 nitrogen and oxygen atoms in total. The number of thioether (sulfide) groups is 1. The topological polar surface area (TPSA) is 37.8 Å². The molecular weight excluding hydrogens is 194 g/mol. The van der Waals surface area contributed by atoms with Gasteiger partial charge in [0.25, 0.3) is 0 Å². The van der Waals surface area contributed by atoms with Gasteiger partial charge in [-0.05, 0) is 26.1 Å². The van der Waals surface area contributed by atoms with Crippen molar-refractivity contribution in [3.63, 3.8) is 0 Å². The number of aromatic nitrogens is 2. The third kappa shape index (κ3) is 1.91. The summed E-state index contributed by atoms with van der Waals surface area (Å²) in [7, 11) is 1.96. The van der Waals surface area contributed by atoms with Gasteiger partial charge >= 0.3 is 0 Å². The quantitative estimate of drug-likeness (QED) is 0.796. The molecule has 1 aromatic rings. The molecule has 0 aliphatic carbocycles. The third-order valence-electron chi connectivity index (χ3n) is 2.36. The van der Waals surface area contributed by atoms with Gasteiger partial charge in [-0.2, -0.15) is 11.8 Å². The van der Waals surface area contributed by atoms with E-state index in [4.69, 9.17) is 0 Å². The number of fused-ring (bicyclic) bond motifs is 1. The van der Waals surface area contributed by atoms with Crippen LogP contribution >= 0.6 is 11.8 Å². The van der Waals surface area contributed by atoms with E-state index in [1.54, 1.807) is 0 Å². The van der Waals surface area contributed by atoms with Crippen LogP contribution in [-0.2, 0) is 18.7 Å². The molecule has 0 unspecified atom stereocenters. The first-order valence-electron chi connectivity index (χ1n) is 4.89. The highest BCUT2D eigenvalue weighted by Gasteiger charge is 2.16. The van der Waals surface area contributed by atoms with Crippen LogP contribution in [0.2, 0.25) is 0 Å². The largest absolute Gasteiger partial charge is 0.314 e. The summed E-state index contributed by atoms with van der Waals surface area (Å²) in [5.41, 5.74) is 3.81.